The Balaban J connectivity index is 2.42. The zero-order valence-electron chi connectivity index (χ0n) is 9.98. The second kappa shape index (κ2) is 4.35. The number of aromatic nitrogens is 3. The number of aryl methyl sites for hydroxylation is 2. The van der Waals surface area contributed by atoms with Gasteiger partial charge in [0.1, 0.15) is 5.01 Å². The Kier molecular flexibility index (Phi) is 3.07. The van der Waals surface area contributed by atoms with Gasteiger partial charge in [0.05, 0.1) is 11.4 Å². The summed E-state index contributed by atoms with van der Waals surface area (Å²) in [6.45, 7) is 4.20. The van der Waals surface area contributed by atoms with Crippen molar-refractivity contribution < 1.29 is 0 Å². The molecule has 0 aliphatic carbocycles. The van der Waals surface area contributed by atoms with Crippen LogP contribution in [0.4, 0.5) is 0 Å². The van der Waals surface area contributed by atoms with E-state index in [4.69, 9.17) is 0 Å². The third kappa shape index (κ3) is 1.88. The van der Waals surface area contributed by atoms with Crippen LogP contribution in [0.1, 0.15) is 23.5 Å². The van der Waals surface area contributed by atoms with Crippen molar-refractivity contribution >= 4 is 11.3 Å². The van der Waals surface area contributed by atoms with Gasteiger partial charge in [-0.25, -0.2) is 4.98 Å². The molecule has 0 spiro atoms. The molecule has 0 saturated carbocycles. The van der Waals surface area contributed by atoms with Crippen LogP contribution in [0.5, 0.6) is 0 Å². The van der Waals surface area contributed by atoms with Gasteiger partial charge in [-0.1, -0.05) is 0 Å². The molecule has 0 bridgehead atoms. The van der Waals surface area contributed by atoms with Crippen molar-refractivity contribution in [2.75, 3.05) is 7.05 Å². The number of hydrogen-bond donors (Lipinski definition) is 1. The smallest absolute Gasteiger partial charge is 0.142 e. The molecule has 0 aromatic carbocycles. The van der Waals surface area contributed by atoms with Crippen LogP contribution >= 0.6 is 11.3 Å². The van der Waals surface area contributed by atoms with Gasteiger partial charge in [-0.05, 0) is 27.0 Å². The first kappa shape index (κ1) is 11.3. The Morgan fingerprint density at radius 3 is 2.81 bits per heavy atom. The van der Waals surface area contributed by atoms with Crippen LogP contribution in [-0.2, 0) is 7.05 Å². The molecule has 1 atom stereocenters. The first-order valence-corrected chi connectivity index (χ1v) is 6.08. The van der Waals surface area contributed by atoms with Gasteiger partial charge in [0.15, 0.2) is 0 Å². The average molecular weight is 236 g/mol. The van der Waals surface area contributed by atoms with Crippen molar-refractivity contribution in [2.45, 2.75) is 19.9 Å². The quantitative estimate of drug-likeness (QED) is 0.887. The van der Waals surface area contributed by atoms with Crippen molar-refractivity contribution in [1.82, 2.24) is 20.1 Å². The van der Waals surface area contributed by atoms with E-state index in [9.17, 15) is 0 Å². The van der Waals surface area contributed by atoms with Gasteiger partial charge >= 0.3 is 0 Å². The standard InChI is InChI=1S/C11H16N4S/c1-7(12-3)10-8(2)14-11(16-10)9-5-6-13-15(9)4/h5-7,12H,1-4H3. The molecule has 1 unspecified atom stereocenters. The van der Waals surface area contributed by atoms with Gasteiger partial charge in [0, 0.05) is 24.2 Å². The fourth-order valence-electron chi connectivity index (χ4n) is 1.63. The summed E-state index contributed by atoms with van der Waals surface area (Å²) in [7, 11) is 3.90. The SMILES string of the molecule is CNC(C)c1sc(-c2ccnn2C)nc1C. The lowest BCUT2D eigenvalue weighted by atomic mass is 10.2. The molecule has 2 heterocycles. The normalized spacial score (nSPS) is 13.0. The zero-order valence-corrected chi connectivity index (χ0v) is 10.8. The molecule has 0 aliphatic heterocycles. The minimum atomic E-state index is 0.347. The second-order valence-corrected chi connectivity index (χ2v) is 4.85. The van der Waals surface area contributed by atoms with Crippen LogP contribution in [0, 0.1) is 6.92 Å². The fraction of sp³-hybridized carbons (Fsp3) is 0.455. The molecule has 16 heavy (non-hydrogen) atoms. The zero-order chi connectivity index (χ0) is 11.7. The van der Waals surface area contributed by atoms with E-state index in [2.05, 4.69) is 29.2 Å². The van der Waals surface area contributed by atoms with Crippen molar-refractivity contribution in [3.63, 3.8) is 0 Å². The first-order valence-electron chi connectivity index (χ1n) is 5.26. The summed E-state index contributed by atoms with van der Waals surface area (Å²) < 4.78 is 1.85. The summed E-state index contributed by atoms with van der Waals surface area (Å²) in [6.07, 6.45) is 1.80. The van der Waals surface area contributed by atoms with E-state index in [1.54, 1.807) is 17.5 Å². The van der Waals surface area contributed by atoms with Crippen molar-refractivity contribution in [2.24, 2.45) is 7.05 Å². The lowest BCUT2D eigenvalue weighted by Crippen LogP contribution is -2.11. The van der Waals surface area contributed by atoms with Gasteiger partial charge in [0.25, 0.3) is 0 Å². The summed E-state index contributed by atoms with van der Waals surface area (Å²) in [4.78, 5) is 5.89. The van der Waals surface area contributed by atoms with Gasteiger partial charge < -0.3 is 5.32 Å². The van der Waals surface area contributed by atoms with Gasteiger partial charge in [-0.2, -0.15) is 5.10 Å². The van der Waals surface area contributed by atoms with E-state index in [0.29, 0.717) is 6.04 Å². The highest BCUT2D eigenvalue weighted by Crippen LogP contribution is 2.30. The third-order valence-corrected chi connectivity index (χ3v) is 4.06. The Morgan fingerprint density at radius 1 is 1.50 bits per heavy atom. The molecule has 0 amide bonds. The summed E-state index contributed by atoms with van der Waals surface area (Å²) in [5.41, 5.74) is 2.17. The van der Waals surface area contributed by atoms with Gasteiger partial charge in [-0.3, -0.25) is 4.68 Å². The third-order valence-electron chi connectivity index (χ3n) is 2.70. The first-order chi connectivity index (χ1) is 7.63. The minimum Gasteiger partial charge on any atom is -0.312 e. The molecule has 86 valence electrons. The summed E-state index contributed by atoms with van der Waals surface area (Å²) in [5, 5.41) is 8.44. The average Bonchev–Trinajstić information content (AvgIpc) is 2.83. The maximum atomic E-state index is 4.60. The molecular weight excluding hydrogens is 220 g/mol. The summed E-state index contributed by atoms with van der Waals surface area (Å²) >= 11 is 1.73. The number of rotatable bonds is 3. The largest absolute Gasteiger partial charge is 0.312 e. The highest BCUT2D eigenvalue weighted by molar-refractivity contribution is 7.15. The van der Waals surface area contributed by atoms with Crippen molar-refractivity contribution in [3.05, 3.63) is 22.8 Å². The fourth-order valence-corrected chi connectivity index (χ4v) is 2.82. The number of nitrogens with zero attached hydrogens (tertiary/aromatic N) is 3. The Morgan fingerprint density at radius 2 is 2.25 bits per heavy atom. The van der Waals surface area contributed by atoms with Crippen LogP contribution in [-0.4, -0.2) is 21.8 Å². The number of thiazole rings is 1. The van der Waals surface area contributed by atoms with Crippen LogP contribution in [0.2, 0.25) is 0 Å². The molecule has 0 fully saturated rings. The van der Waals surface area contributed by atoms with Crippen LogP contribution in [0.25, 0.3) is 10.7 Å². The second-order valence-electron chi connectivity index (χ2n) is 3.82. The minimum absolute atomic E-state index is 0.347. The lowest BCUT2D eigenvalue weighted by Gasteiger charge is -2.06. The van der Waals surface area contributed by atoms with Crippen molar-refractivity contribution in [1.29, 1.82) is 0 Å². The highest BCUT2D eigenvalue weighted by atomic mass is 32.1. The predicted octanol–water partition coefficient (Wildman–Crippen LogP) is 2.13. The molecule has 2 rings (SSSR count). The van der Waals surface area contributed by atoms with Gasteiger partial charge in [0.2, 0.25) is 0 Å². The highest BCUT2D eigenvalue weighted by Gasteiger charge is 2.15. The molecule has 5 heteroatoms. The molecule has 4 nitrogen and oxygen atoms in total. The van der Waals surface area contributed by atoms with E-state index < -0.39 is 0 Å². The molecule has 0 radical (unpaired) electrons. The summed E-state index contributed by atoms with van der Waals surface area (Å²) in [6, 6.07) is 2.34. The maximum absolute atomic E-state index is 4.60. The number of hydrogen-bond acceptors (Lipinski definition) is 4. The topological polar surface area (TPSA) is 42.7 Å². The van der Waals surface area contributed by atoms with Crippen LogP contribution in [0.3, 0.4) is 0 Å². The van der Waals surface area contributed by atoms with E-state index in [0.717, 1.165) is 16.4 Å². The lowest BCUT2D eigenvalue weighted by molar-refractivity contribution is 0.658. The van der Waals surface area contributed by atoms with Crippen LogP contribution in [0.15, 0.2) is 12.3 Å². The van der Waals surface area contributed by atoms with Gasteiger partial charge in [-0.15, -0.1) is 11.3 Å². The predicted molar refractivity (Wildman–Crippen MR) is 66.5 cm³/mol. The molecular formula is C11H16N4S. The van der Waals surface area contributed by atoms with E-state index in [1.165, 1.54) is 4.88 Å². The summed E-state index contributed by atoms with van der Waals surface area (Å²) in [5.74, 6) is 0. The molecule has 2 aromatic rings. The number of nitrogens with one attached hydrogen (secondary N) is 1. The van der Waals surface area contributed by atoms with E-state index in [1.807, 2.05) is 24.8 Å². The van der Waals surface area contributed by atoms with E-state index >= 15 is 0 Å². The Labute approximate surface area is 99.3 Å². The molecule has 0 saturated heterocycles. The van der Waals surface area contributed by atoms with E-state index in [-0.39, 0.29) is 0 Å². The monoisotopic (exact) mass is 236 g/mol. The maximum Gasteiger partial charge on any atom is 0.142 e. The molecule has 0 aliphatic rings. The molecule has 2 aromatic heterocycles. The van der Waals surface area contributed by atoms with Crippen molar-refractivity contribution in [3.8, 4) is 10.7 Å². The van der Waals surface area contributed by atoms with Crippen LogP contribution < -0.4 is 5.32 Å². The molecule has 1 N–H and O–H groups in total. The Bertz CT molecular complexity index is 486. The Hall–Kier alpha value is -1.20.